The van der Waals surface area contributed by atoms with Crippen molar-refractivity contribution in [3.8, 4) is 5.69 Å². The molecule has 2 N–H and O–H groups in total. The van der Waals surface area contributed by atoms with E-state index in [0.717, 1.165) is 5.56 Å². The summed E-state index contributed by atoms with van der Waals surface area (Å²) in [6.45, 7) is 1.45. The average Bonchev–Trinajstić information content (AvgIpc) is 2.78. The number of benzene rings is 3. The number of hydrogen-bond acceptors (Lipinski definition) is 4. The van der Waals surface area contributed by atoms with E-state index in [1.807, 2.05) is 24.3 Å². The van der Waals surface area contributed by atoms with E-state index in [4.69, 9.17) is 5.11 Å². The number of aromatic carboxylic acids is 1. The summed E-state index contributed by atoms with van der Waals surface area (Å²) >= 11 is 0. The van der Waals surface area contributed by atoms with E-state index in [1.165, 1.54) is 23.6 Å². The van der Waals surface area contributed by atoms with E-state index < -0.39 is 5.97 Å². The molecule has 1 heterocycles. The molecule has 32 heavy (non-hydrogen) atoms. The van der Waals surface area contributed by atoms with Crippen LogP contribution in [0, 0.1) is 0 Å². The van der Waals surface area contributed by atoms with Gasteiger partial charge in [0.25, 0.3) is 5.56 Å². The molecule has 1 amide bonds. The number of para-hydroxylation sites is 1. The molecular weight excluding hydrogens is 406 g/mol. The minimum absolute atomic E-state index is 0.131. The summed E-state index contributed by atoms with van der Waals surface area (Å²) in [7, 11) is 0. The lowest BCUT2D eigenvalue weighted by molar-refractivity contribution is -0.114. The standard InChI is InChI=1S/C25H19N3O4/c1-16(29)26-19-11-6-17(7-12-19)8-15-23-27-22-5-3-2-4-21(22)24(30)28(23)20-13-9-18(10-14-20)25(31)32/h2-15H,1H3,(H,26,29)(H,31,32)/b15-8+. The molecule has 4 aromatic rings. The normalized spacial score (nSPS) is 11.0. The summed E-state index contributed by atoms with van der Waals surface area (Å²) in [6, 6.07) is 20.4. The van der Waals surface area contributed by atoms with E-state index in [0.29, 0.717) is 28.1 Å². The molecular formula is C25H19N3O4. The third-order valence-corrected chi connectivity index (χ3v) is 4.83. The van der Waals surface area contributed by atoms with E-state index in [-0.39, 0.29) is 17.0 Å². The minimum Gasteiger partial charge on any atom is -0.478 e. The fourth-order valence-electron chi connectivity index (χ4n) is 3.32. The van der Waals surface area contributed by atoms with Gasteiger partial charge in [-0.05, 0) is 60.2 Å². The molecule has 0 aliphatic carbocycles. The van der Waals surface area contributed by atoms with Crippen LogP contribution in [-0.4, -0.2) is 26.5 Å². The van der Waals surface area contributed by atoms with Crippen molar-refractivity contribution in [1.82, 2.24) is 9.55 Å². The van der Waals surface area contributed by atoms with E-state index in [9.17, 15) is 14.4 Å². The smallest absolute Gasteiger partial charge is 0.335 e. The molecule has 0 spiro atoms. The molecule has 0 fully saturated rings. The number of fused-ring (bicyclic) bond motifs is 1. The predicted molar refractivity (Wildman–Crippen MR) is 124 cm³/mol. The highest BCUT2D eigenvalue weighted by atomic mass is 16.4. The molecule has 0 aliphatic rings. The maximum absolute atomic E-state index is 13.3. The Morgan fingerprint density at radius 1 is 0.938 bits per heavy atom. The first-order valence-corrected chi connectivity index (χ1v) is 9.83. The van der Waals surface area contributed by atoms with Crippen LogP contribution in [-0.2, 0) is 4.79 Å². The molecule has 0 saturated carbocycles. The number of carboxylic acids is 1. The second kappa shape index (κ2) is 8.69. The van der Waals surface area contributed by atoms with Crippen LogP contribution in [0.4, 0.5) is 5.69 Å². The van der Waals surface area contributed by atoms with Crippen molar-refractivity contribution >= 4 is 40.6 Å². The average molecular weight is 425 g/mol. The highest BCUT2D eigenvalue weighted by molar-refractivity contribution is 5.89. The third-order valence-electron chi connectivity index (χ3n) is 4.83. The number of amides is 1. The van der Waals surface area contributed by atoms with E-state index in [1.54, 1.807) is 48.5 Å². The largest absolute Gasteiger partial charge is 0.478 e. The summed E-state index contributed by atoms with van der Waals surface area (Å²) in [5, 5.41) is 12.3. The van der Waals surface area contributed by atoms with Crippen LogP contribution in [0.25, 0.3) is 28.7 Å². The monoisotopic (exact) mass is 425 g/mol. The second-order valence-corrected chi connectivity index (χ2v) is 7.12. The van der Waals surface area contributed by atoms with Crippen molar-refractivity contribution in [3.63, 3.8) is 0 Å². The zero-order chi connectivity index (χ0) is 22.7. The third kappa shape index (κ3) is 4.32. The van der Waals surface area contributed by atoms with Crippen LogP contribution < -0.4 is 10.9 Å². The van der Waals surface area contributed by atoms with Gasteiger partial charge in [-0.15, -0.1) is 0 Å². The number of hydrogen-bond donors (Lipinski definition) is 2. The van der Waals surface area contributed by atoms with E-state index in [2.05, 4.69) is 10.3 Å². The molecule has 0 atom stereocenters. The molecule has 0 saturated heterocycles. The van der Waals surface area contributed by atoms with Gasteiger partial charge in [0.2, 0.25) is 5.91 Å². The number of nitrogens with one attached hydrogen (secondary N) is 1. The van der Waals surface area contributed by atoms with Crippen LogP contribution in [0.15, 0.2) is 77.6 Å². The van der Waals surface area contributed by atoms with Gasteiger partial charge in [0.05, 0.1) is 22.2 Å². The lowest BCUT2D eigenvalue weighted by Crippen LogP contribution is -2.22. The molecule has 7 heteroatoms. The Morgan fingerprint density at radius 2 is 1.62 bits per heavy atom. The van der Waals surface area contributed by atoms with Crippen LogP contribution in [0.1, 0.15) is 28.7 Å². The van der Waals surface area contributed by atoms with Crippen LogP contribution in [0.3, 0.4) is 0 Å². The Labute approximate surface area is 183 Å². The molecule has 0 aliphatic heterocycles. The summed E-state index contributed by atoms with van der Waals surface area (Å²) < 4.78 is 1.45. The van der Waals surface area contributed by atoms with E-state index >= 15 is 0 Å². The van der Waals surface area contributed by atoms with Gasteiger partial charge in [0.1, 0.15) is 5.82 Å². The summed E-state index contributed by atoms with van der Waals surface area (Å²) in [6.07, 6.45) is 3.54. The van der Waals surface area contributed by atoms with Crippen LogP contribution >= 0.6 is 0 Å². The Kier molecular flexibility index (Phi) is 5.63. The number of rotatable bonds is 5. The van der Waals surface area contributed by atoms with Crippen LogP contribution in [0.5, 0.6) is 0 Å². The molecule has 0 unspecified atom stereocenters. The molecule has 3 aromatic carbocycles. The highest BCUT2D eigenvalue weighted by Crippen LogP contribution is 2.17. The Hall–Kier alpha value is -4.52. The number of carbonyl (C=O) groups excluding carboxylic acids is 1. The maximum atomic E-state index is 13.3. The van der Waals surface area contributed by atoms with Crippen LogP contribution in [0.2, 0.25) is 0 Å². The molecule has 1 aromatic heterocycles. The maximum Gasteiger partial charge on any atom is 0.335 e. The number of carbonyl (C=O) groups is 2. The lowest BCUT2D eigenvalue weighted by atomic mass is 10.1. The van der Waals surface area contributed by atoms with Gasteiger partial charge in [0, 0.05) is 12.6 Å². The number of anilines is 1. The zero-order valence-corrected chi connectivity index (χ0v) is 17.1. The fraction of sp³-hybridized carbons (Fsp3) is 0.0400. The minimum atomic E-state index is -1.04. The van der Waals surface area contributed by atoms with Gasteiger partial charge in [-0.25, -0.2) is 9.78 Å². The fourth-order valence-corrected chi connectivity index (χ4v) is 3.32. The number of aromatic nitrogens is 2. The predicted octanol–water partition coefficient (Wildman–Crippen LogP) is 4.21. The van der Waals surface area contributed by atoms with Gasteiger partial charge in [-0.1, -0.05) is 30.3 Å². The molecule has 7 nitrogen and oxygen atoms in total. The van der Waals surface area contributed by atoms with Gasteiger partial charge < -0.3 is 10.4 Å². The molecule has 0 bridgehead atoms. The highest BCUT2D eigenvalue weighted by Gasteiger charge is 2.12. The van der Waals surface area contributed by atoms with Crippen molar-refractivity contribution in [3.05, 3.63) is 100 Å². The number of nitrogens with zero attached hydrogens (tertiary/aromatic N) is 2. The Bertz CT molecular complexity index is 1400. The summed E-state index contributed by atoms with van der Waals surface area (Å²) in [5.41, 5.74) is 2.50. The first-order valence-electron chi connectivity index (χ1n) is 9.83. The van der Waals surface area contributed by atoms with Gasteiger partial charge in [-0.3, -0.25) is 14.2 Å². The molecule has 158 valence electrons. The molecule has 0 radical (unpaired) electrons. The quantitative estimate of drug-likeness (QED) is 0.499. The summed E-state index contributed by atoms with van der Waals surface area (Å²) in [5.74, 6) is -0.780. The van der Waals surface area contributed by atoms with Gasteiger partial charge in [-0.2, -0.15) is 0 Å². The van der Waals surface area contributed by atoms with Crippen molar-refractivity contribution in [2.45, 2.75) is 6.92 Å². The second-order valence-electron chi connectivity index (χ2n) is 7.12. The van der Waals surface area contributed by atoms with Gasteiger partial charge >= 0.3 is 5.97 Å². The SMILES string of the molecule is CC(=O)Nc1ccc(/C=C/c2nc3ccccc3c(=O)n2-c2ccc(C(=O)O)cc2)cc1. The van der Waals surface area contributed by atoms with Crippen molar-refractivity contribution in [2.75, 3.05) is 5.32 Å². The first-order chi connectivity index (χ1) is 15.4. The molecule has 4 rings (SSSR count). The first kappa shape index (κ1) is 20.7. The zero-order valence-electron chi connectivity index (χ0n) is 17.1. The number of carboxylic acid groups (broad SMARTS) is 1. The lowest BCUT2D eigenvalue weighted by Gasteiger charge is -2.12. The van der Waals surface area contributed by atoms with Crippen molar-refractivity contribution in [1.29, 1.82) is 0 Å². The van der Waals surface area contributed by atoms with Crippen molar-refractivity contribution in [2.24, 2.45) is 0 Å². The van der Waals surface area contributed by atoms with Gasteiger partial charge in [0.15, 0.2) is 0 Å². The summed E-state index contributed by atoms with van der Waals surface area (Å²) in [4.78, 5) is 40.3. The topological polar surface area (TPSA) is 101 Å². The Balaban J connectivity index is 1.80. The Morgan fingerprint density at radius 3 is 2.28 bits per heavy atom. The van der Waals surface area contributed by atoms with Crippen molar-refractivity contribution < 1.29 is 14.7 Å².